The summed E-state index contributed by atoms with van der Waals surface area (Å²) in [6.07, 6.45) is 3.74. The van der Waals surface area contributed by atoms with Gasteiger partial charge in [0, 0.05) is 36.4 Å². The SMILES string of the molecule is COc1ccc(C(=O)NCc2cn3ccsc3n2)cc1S(=O)(=O)N1CCOCC1. The van der Waals surface area contributed by atoms with Crippen LogP contribution >= 0.6 is 11.3 Å². The van der Waals surface area contributed by atoms with Gasteiger partial charge in [-0.15, -0.1) is 11.3 Å². The quantitative estimate of drug-likeness (QED) is 0.626. The minimum Gasteiger partial charge on any atom is -0.495 e. The normalized spacial score (nSPS) is 15.5. The maximum atomic E-state index is 13.0. The Morgan fingerprint density at radius 1 is 1.34 bits per heavy atom. The number of ether oxygens (including phenoxy) is 2. The Morgan fingerprint density at radius 2 is 2.14 bits per heavy atom. The van der Waals surface area contributed by atoms with Crippen LogP contribution < -0.4 is 10.1 Å². The Balaban J connectivity index is 1.54. The number of nitrogens with one attached hydrogen (secondary N) is 1. The lowest BCUT2D eigenvalue weighted by molar-refractivity contribution is 0.0729. The second-order valence-electron chi connectivity index (χ2n) is 6.39. The van der Waals surface area contributed by atoms with Gasteiger partial charge in [0.1, 0.15) is 10.6 Å². The minimum absolute atomic E-state index is 0.0305. The fourth-order valence-electron chi connectivity index (χ4n) is 3.08. The van der Waals surface area contributed by atoms with Crippen LogP contribution in [0.15, 0.2) is 40.9 Å². The third-order valence-electron chi connectivity index (χ3n) is 4.59. The highest BCUT2D eigenvalue weighted by atomic mass is 32.2. The Morgan fingerprint density at radius 3 is 2.86 bits per heavy atom. The molecule has 1 fully saturated rings. The molecule has 1 aliphatic rings. The molecule has 0 spiro atoms. The fourth-order valence-corrected chi connectivity index (χ4v) is 5.39. The van der Waals surface area contributed by atoms with Crippen molar-refractivity contribution in [3.05, 3.63) is 47.2 Å². The van der Waals surface area contributed by atoms with Gasteiger partial charge in [0.05, 0.1) is 32.6 Å². The Hall–Kier alpha value is -2.47. The van der Waals surface area contributed by atoms with Gasteiger partial charge in [-0.2, -0.15) is 4.31 Å². The average Bonchev–Trinajstić information content (AvgIpc) is 3.34. The molecule has 11 heteroatoms. The van der Waals surface area contributed by atoms with Crippen molar-refractivity contribution in [1.29, 1.82) is 0 Å². The Bertz CT molecular complexity index is 1100. The smallest absolute Gasteiger partial charge is 0.251 e. The van der Waals surface area contributed by atoms with Crippen LogP contribution in [0, 0.1) is 0 Å². The predicted octanol–water partition coefficient (Wildman–Crippen LogP) is 1.36. The molecular formula is C18H20N4O5S2. The third kappa shape index (κ3) is 3.99. The van der Waals surface area contributed by atoms with Crippen LogP contribution in [0.3, 0.4) is 0 Å². The molecule has 1 aromatic carbocycles. The minimum atomic E-state index is -3.80. The molecule has 1 amide bonds. The molecule has 29 heavy (non-hydrogen) atoms. The number of hydrogen-bond donors (Lipinski definition) is 1. The van der Waals surface area contributed by atoms with Crippen molar-refractivity contribution in [2.24, 2.45) is 0 Å². The number of morpholine rings is 1. The molecule has 0 aliphatic carbocycles. The zero-order valence-electron chi connectivity index (χ0n) is 15.7. The number of nitrogens with zero attached hydrogens (tertiary/aromatic N) is 3. The molecule has 4 rings (SSSR count). The van der Waals surface area contributed by atoms with Gasteiger partial charge in [0.2, 0.25) is 10.0 Å². The molecule has 1 saturated heterocycles. The first-order valence-corrected chi connectivity index (χ1v) is 11.3. The van der Waals surface area contributed by atoms with E-state index in [0.717, 1.165) is 10.7 Å². The molecule has 154 valence electrons. The van der Waals surface area contributed by atoms with Gasteiger partial charge < -0.3 is 14.8 Å². The van der Waals surface area contributed by atoms with E-state index in [1.807, 2.05) is 22.2 Å². The number of aromatic nitrogens is 2. The predicted molar refractivity (Wildman–Crippen MR) is 107 cm³/mol. The molecule has 3 aromatic rings. The first-order chi connectivity index (χ1) is 14.0. The van der Waals surface area contributed by atoms with Crippen molar-refractivity contribution >= 4 is 32.2 Å². The summed E-state index contributed by atoms with van der Waals surface area (Å²) in [5, 5.41) is 4.71. The first-order valence-electron chi connectivity index (χ1n) is 8.94. The second-order valence-corrected chi connectivity index (χ2v) is 9.17. The summed E-state index contributed by atoms with van der Waals surface area (Å²) >= 11 is 1.51. The average molecular weight is 437 g/mol. The summed E-state index contributed by atoms with van der Waals surface area (Å²) in [6, 6.07) is 4.39. The molecular weight excluding hydrogens is 416 g/mol. The highest BCUT2D eigenvalue weighted by Gasteiger charge is 2.30. The maximum absolute atomic E-state index is 13.0. The van der Waals surface area contributed by atoms with E-state index in [-0.39, 0.29) is 41.7 Å². The molecule has 0 unspecified atom stereocenters. The van der Waals surface area contributed by atoms with Crippen molar-refractivity contribution in [3.63, 3.8) is 0 Å². The molecule has 0 bridgehead atoms. The van der Waals surface area contributed by atoms with E-state index in [0.29, 0.717) is 13.2 Å². The first kappa shape index (κ1) is 19.8. The van der Waals surface area contributed by atoms with Crippen LogP contribution in [-0.4, -0.2) is 61.4 Å². The molecule has 0 atom stereocenters. The van der Waals surface area contributed by atoms with Crippen molar-refractivity contribution in [2.75, 3.05) is 33.4 Å². The van der Waals surface area contributed by atoms with E-state index in [1.54, 1.807) is 0 Å². The van der Waals surface area contributed by atoms with E-state index in [2.05, 4.69) is 10.3 Å². The summed E-state index contributed by atoms with van der Waals surface area (Å²) in [5.41, 5.74) is 0.957. The number of carbonyl (C=O) groups is 1. The zero-order valence-corrected chi connectivity index (χ0v) is 17.3. The molecule has 0 saturated carbocycles. The van der Waals surface area contributed by atoms with Crippen molar-refractivity contribution in [3.8, 4) is 5.75 Å². The molecule has 1 N–H and O–H groups in total. The number of methoxy groups -OCH3 is 1. The lowest BCUT2D eigenvalue weighted by atomic mass is 10.2. The number of carbonyl (C=O) groups excluding carboxylic acids is 1. The monoisotopic (exact) mass is 436 g/mol. The van der Waals surface area contributed by atoms with Crippen LogP contribution in [0.25, 0.3) is 4.96 Å². The summed E-state index contributed by atoms with van der Waals surface area (Å²) in [7, 11) is -2.40. The van der Waals surface area contributed by atoms with Gasteiger partial charge in [-0.1, -0.05) is 0 Å². The van der Waals surface area contributed by atoms with Gasteiger partial charge in [0.15, 0.2) is 4.96 Å². The van der Waals surface area contributed by atoms with Gasteiger partial charge in [-0.3, -0.25) is 9.20 Å². The third-order valence-corrected chi connectivity index (χ3v) is 7.28. The largest absolute Gasteiger partial charge is 0.495 e. The van der Waals surface area contributed by atoms with Crippen LogP contribution in [0.2, 0.25) is 0 Å². The van der Waals surface area contributed by atoms with E-state index in [1.165, 1.54) is 41.0 Å². The van der Waals surface area contributed by atoms with Crippen LogP contribution in [0.1, 0.15) is 16.1 Å². The topological polar surface area (TPSA) is 102 Å². The molecule has 2 aromatic heterocycles. The zero-order chi connectivity index (χ0) is 20.4. The van der Waals surface area contributed by atoms with Crippen molar-refractivity contribution in [2.45, 2.75) is 11.4 Å². The Kier molecular flexibility index (Phi) is 5.54. The van der Waals surface area contributed by atoms with Crippen LogP contribution in [0.4, 0.5) is 0 Å². The van der Waals surface area contributed by atoms with E-state index in [9.17, 15) is 13.2 Å². The standard InChI is InChI=1S/C18H20N4O5S2/c1-26-15-3-2-13(10-16(15)29(24,25)22-4-7-27-8-5-22)17(23)19-11-14-12-21-6-9-28-18(21)20-14/h2-3,6,9-10,12H,4-5,7-8,11H2,1H3,(H,19,23). The summed E-state index contributed by atoms with van der Waals surface area (Å²) in [5.74, 6) is -0.190. The highest BCUT2D eigenvalue weighted by molar-refractivity contribution is 7.89. The lowest BCUT2D eigenvalue weighted by Gasteiger charge is -2.26. The van der Waals surface area contributed by atoms with Crippen LogP contribution in [-0.2, 0) is 21.3 Å². The van der Waals surface area contributed by atoms with E-state index < -0.39 is 10.0 Å². The number of fused-ring (bicyclic) bond motifs is 1. The highest BCUT2D eigenvalue weighted by Crippen LogP contribution is 2.28. The molecule has 9 nitrogen and oxygen atoms in total. The van der Waals surface area contributed by atoms with E-state index in [4.69, 9.17) is 9.47 Å². The van der Waals surface area contributed by atoms with Gasteiger partial charge >= 0.3 is 0 Å². The van der Waals surface area contributed by atoms with Crippen molar-refractivity contribution in [1.82, 2.24) is 19.0 Å². The molecule has 0 radical (unpaired) electrons. The molecule has 1 aliphatic heterocycles. The Labute approximate surface area is 171 Å². The number of amides is 1. The maximum Gasteiger partial charge on any atom is 0.251 e. The lowest BCUT2D eigenvalue weighted by Crippen LogP contribution is -2.40. The second kappa shape index (κ2) is 8.11. The van der Waals surface area contributed by atoms with Crippen LogP contribution in [0.5, 0.6) is 5.75 Å². The van der Waals surface area contributed by atoms with Crippen molar-refractivity contribution < 1.29 is 22.7 Å². The van der Waals surface area contributed by atoms with Gasteiger partial charge in [-0.05, 0) is 18.2 Å². The van der Waals surface area contributed by atoms with E-state index >= 15 is 0 Å². The summed E-state index contributed by atoms with van der Waals surface area (Å²) in [4.78, 5) is 17.8. The van der Waals surface area contributed by atoms with Gasteiger partial charge in [-0.25, -0.2) is 13.4 Å². The van der Waals surface area contributed by atoms with Gasteiger partial charge in [0.25, 0.3) is 5.91 Å². The number of sulfonamides is 1. The summed E-state index contributed by atoms with van der Waals surface area (Å²) in [6.45, 7) is 1.44. The number of benzene rings is 1. The fraction of sp³-hybridized carbons (Fsp3) is 0.333. The number of hydrogen-bond acceptors (Lipinski definition) is 7. The number of imidazole rings is 1. The summed E-state index contributed by atoms with van der Waals surface area (Å²) < 4.78 is 39.8. The number of thiazole rings is 1. The molecule has 3 heterocycles. The number of rotatable bonds is 6.